The van der Waals surface area contributed by atoms with Crippen LogP contribution in [0.5, 0.6) is 0 Å². The van der Waals surface area contributed by atoms with Crippen molar-refractivity contribution >= 4 is 5.91 Å². The van der Waals surface area contributed by atoms with E-state index in [-0.39, 0.29) is 5.91 Å². The smallest absolute Gasteiger partial charge is 0.271 e. The predicted octanol–water partition coefficient (Wildman–Crippen LogP) is 0.976. The molecule has 0 bridgehead atoms. The molecule has 1 aromatic heterocycles. The van der Waals surface area contributed by atoms with Gasteiger partial charge in [-0.1, -0.05) is 20.3 Å². The second-order valence-corrected chi connectivity index (χ2v) is 6.45. The summed E-state index contributed by atoms with van der Waals surface area (Å²) in [5, 5.41) is 10.00. The summed E-state index contributed by atoms with van der Waals surface area (Å²) in [5.74, 6) is 0.366. The summed E-state index contributed by atoms with van der Waals surface area (Å²) < 4.78 is 0. The zero-order valence-electron chi connectivity index (χ0n) is 14.1. The molecule has 0 saturated carbocycles. The lowest BCUT2D eigenvalue weighted by Gasteiger charge is -2.33. The molecule has 1 aliphatic heterocycles. The lowest BCUT2D eigenvalue weighted by atomic mass is 10.1. The van der Waals surface area contributed by atoms with Crippen molar-refractivity contribution in [2.75, 3.05) is 46.3 Å². The fraction of sp³-hybridized carbons (Fsp3) is 0.750. The van der Waals surface area contributed by atoms with Crippen LogP contribution in [0.4, 0.5) is 0 Å². The zero-order valence-corrected chi connectivity index (χ0v) is 14.1. The highest BCUT2D eigenvalue weighted by atomic mass is 16.1. The quantitative estimate of drug-likeness (QED) is 0.788. The molecule has 2 N–H and O–H groups in total. The Bertz CT molecular complexity index is 465. The second-order valence-electron chi connectivity index (χ2n) is 6.45. The molecule has 0 aliphatic carbocycles. The minimum Gasteiger partial charge on any atom is -0.350 e. The van der Waals surface area contributed by atoms with Gasteiger partial charge in [0.25, 0.3) is 5.91 Å². The largest absolute Gasteiger partial charge is 0.350 e. The molecule has 6 nitrogen and oxygen atoms in total. The number of aryl methyl sites for hydroxylation is 1. The van der Waals surface area contributed by atoms with Gasteiger partial charge in [-0.25, -0.2) is 0 Å². The number of aromatic nitrogens is 2. The summed E-state index contributed by atoms with van der Waals surface area (Å²) >= 11 is 0. The van der Waals surface area contributed by atoms with Crippen LogP contribution in [0, 0.1) is 5.92 Å². The van der Waals surface area contributed by atoms with Crippen LogP contribution in [0.25, 0.3) is 0 Å². The Hall–Kier alpha value is -1.40. The first-order valence-corrected chi connectivity index (χ1v) is 8.32. The number of hydrogen-bond acceptors (Lipinski definition) is 4. The second kappa shape index (κ2) is 8.29. The molecule has 1 unspecified atom stereocenters. The van der Waals surface area contributed by atoms with E-state index in [1.165, 1.54) is 0 Å². The Labute approximate surface area is 133 Å². The van der Waals surface area contributed by atoms with E-state index in [0.717, 1.165) is 51.3 Å². The Morgan fingerprint density at radius 3 is 2.82 bits per heavy atom. The Balaban J connectivity index is 1.70. The van der Waals surface area contributed by atoms with E-state index in [2.05, 4.69) is 46.2 Å². The maximum Gasteiger partial charge on any atom is 0.271 e. The molecular weight excluding hydrogens is 278 g/mol. The Morgan fingerprint density at radius 1 is 1.41 bits per heavy atom. The lowest BCUT2D eigenvalue weighted by Crippen LogP contribution is -2.46. The molecule has 1 fully saturated rings. The monoisotopic (exact) mass is 307 g/mol. The van der Waals surface area contributed by atoms with Crippen LogP contribution in [0.1, 0.15) is 36.5 Å². The summed E-state index contributed by atoms with van der Waals surface area (Å²) in [4.78, 5) is 16.9. The average molecular weight is 307 g/mol. The predicted molar refractivity (Wildman–Crippen MR) is 88.0 cm³/mol. The normalized spacial score (nSPS) is 18.3. The molecule has 1 aromatic rings. The van der Waals surface area contributed by atoms with E-state index in [0.29, 0.717) is 18.2 Å². The lowest BCUT2D eigenvalue weighted by molar-refractivity contribution is 0.0932. The number of rotatable bonds is 7. The number of carbonyl (C=O) groups is 1. The van der Waals surface area contributed by atoms with E-state index in [1.54, 1.807) is 0 Å². The van der Waals surface area contributed by atoms with Crippen LogP contribution < -0.4 is 5.32 Å². The molecule has 0 radical (unpaired) electrons. The van der Waals surface area contributed by atoms with Gasteiger partial charge in [0.1, 0.15) is 5.69 Å². The number of hydrogen-bond donors (Lipinski definition) is 2. The molecule has 1 saturated heterocycles. The van der Waals surface area contributed by atoms with Crippen molar-refractivity contribution in [3.05, 3.63) is 17.5 Å². The van der Waals surface area contributed by atoms with Gasteiger partial charge in [0, 0.05) is 45.0 Å². The van der Waals surface area contributed by atoms with Crippen LogP contribution in [-0.4, -0.2) is 72.2 Å². The van der Waals surface area contributed by atoms with Gasteiger partial charge in [0.05, 0.1) is 0 Å². The van der Waals surface area contributed by atoms with Crippen LogP contribution >= 0.6 is 0 Å². The molecule has 1 amide bonds. The van der Waals surface area contributed by atoms with Gasteiger partial charge in [-0.05, 0) is 25.5 Å². The highest BCUT2D eigenvalue weighted by Crippen LogP contribution is 2.05. The van der Waals surface area contributed by atoms with E-state index in [4.69, 9.17) is 0 Å². The Kier molecular flexibility index (Phi) is 6.39. The van der Waals surface area contributed by atoms with Crippen LogP contribution in [0.3, 0.4) is 0 Å². The van der Waals surface area contributed by atoms with Gasteiger partial charge in [0.2, 0.25) is 0 Å². The number of nitrogens with zero attached hydrogens (tertiary/aromatic N) is 3. The fourth-order valence-electron chi connectivity index (χ4n) is 2.77. The van der Waals surface area contributed by atoms with Crippen molar-refractivity contribution in [1.29, 1.82) is 0 Å². The molecule has 2 heterocycles. The van der Waals surface area contributed by atoms with Crippen LogP contribution in [0.15, 0.2) is 6.07 Å². The number of likely N-dealkylation sites (N-methyl/N-ethyl adjacent to an activating group) is 1. The van der Waals surface area contributed by atoms with Crippen molar-refractivity contribution in [3.8, 4) is 0 Å². The molecule has 6 heteroatoms. The highest BCUT2D eigenvalue weighted by Gasteiger charge is 2.17. The molecular formula is C16H29N5O. The van der Waals surface area contributed by atoms with Crippen LogP contribution in [-0.2, 0) is 6.42 Å². The fourth-order valence-corrected chi connectivity index (χ4v) is 2.77. The standard InChI is InChI=1S/C16H29N5O/c1-4-5-14-10-15(19-18-14)16(22)17-11-13(2)12-21-8-6-20(3)7-9-21/h10,13H,4-9,11-12H2,1-3H3,(H,17,22)(H,18,19). The number of nitrogens with one attached hydrogen (secondary N) is 2. The highest BCUT2D eigenvalue weighted by molar-refractivity contribution is 5.92. The van der Waals surface area contributed by atoms with Gasteiger partial charge < -0.3 is 15.1 Å². The first-order chi connectivity index (χ1) is 10.6. The number of amides is 1. The van der Waals surface area contributed by atoms with E-state index >= 15 is 0 Å². The summed E-state index contributed by atoms with van der Waals surface area (Å²) in [6.45, 7) is 10.5. The van der Waals surface area contributed by atoms with Crippen molar-refractivity contribution in [1.82, 2.24) is 25.3 Å². The average Bonchev–Trinajstić information content (AvgIpc) is 2.96. The minimum atomic E-state index is -0.0798. The van der Waals surface area contributed by atoms with Crippen molar-refractivity contribution < 1.29 is 4.79 Å². The van der Waals surface area contributed by atoms with E-state index < -0.39 is 0 Å². The first kappa shape index (κ1) is 17.0. The van der Waals surface area contributed by atoms with Gasteiger partial charge in [-0.3, -0.25) is 9.89 Å². The molecule has 1 atom stereocenters. The molecule has 2 rings (SSSR count). The number of H-pyrrole nitrogens is 1. The molecule has 1 aliphatic rings. The first-order valence-electron chi connectivity index (χ1n) is 8.32. The van der Waals surface area contributed by atoms with Crippen molar-refractivity contribution in [2.24, 2.45) is 5.92 Å². The summed E-state index contributed by atoms with van der Waals surface area (Å²) in [5.41, 5.74) is 1.52. The van der Waals surface area contributed by atoms with Gasteiger partial charge in [0.15, 0.2) is 0 Å². The van der Waals surface area contributed by atoms with Crippen molar-refractivity contribution in [2.45, 2.75) is 26.7 Å². The molecule has 0 spiro atoms. The third kappa shape index (κ3) is 5.10. The number of aromatic amines is 1. The molecule has 0 aromatic carbocycles. The summed E-state index contributed by atoms with van der Waals surface area (Å²) in [6.07, 6.45) is 1.98. The minimum absolute atomic E-state index is 0.0798. The van der Waals surface area contributed by atoms with E-state index in [1.807, 2.05) is 6.07 Å². The van der Waals surface area contributed by atoms with Gasteiger partial charge >= 0.3 is 0 Å². The van der Waals surface area contributed by atoms with Gasteiger partial charge in [-0.2, -0.15) is 5.10 Å². The summed E-state index contributed by atoms with van der Waals surface area (Å²) in [6, 6.07) is 1.85. The maximum absolute atomic E-state index is 12.1. The SMILES string of the molecule is CCCc1cc(C(=O)NCC(C)CN2CCN(C)CC2)n[nH]1. The topological polar surface area (TPSA) is 64.3 Å². The summed E-state index contributed by atoms with van der Waals surface area (Å²) in [7, 11) is 2.16. The zero-order chi connectivity index (χ0) is 15.9. The van der Waals surface area contributed by atoms with E-state index in [9.17, 15) is 4.79 Å². The molecule has 124 valence electrons. The van der Waals surface area contributed by atoms with Crippen LogP contribution in [0.2, 0.25) is 0 Å². The van der Waals surface area contributed by atoms with Crippen molar-refractivity contribution in [3.63, 3.8) is 0 Å². The number of piperazine rings is 1. The van der Waals surface area contributed by atoms with Gasteiger partial charge in [-0.15, -0.1) is 0 Å². The maximum atomic E-state index is 12.1. The molecule has 22 heavy (non-hydrogen) atoms. The Morgan fingerprint density at radius 2 is 2.14 bits per heavy atom. The number of carbonyl (C=O) groups excluding carboxylic acids is 1. The third-order valence-electron chi connectivity index (χ3n) is 4.16. The third-order valence-corrected chi connectivity index (χ3v) is 4.16.